The molecule has 0 radical (unpaired) electrons. The van der Waals surface area contributed by atoms with Gasteiger partial charge in [-0.05, 0) is 30.7 Å². The van der Waals surface area contributed by atoms with Gasteiger partial charge in [0.1, 0.15) is 0 Å². The van der Waals surface area contributed by atoms with E-state index in [-0.39, 0.29) is 18.1 Å². The van der Waals surface area contributed by atoms with E-state index in [0.29, 0.717) is 19.0 Å². The number of carbonyl (C=O) groups is 1. The maximum atomic E-state index is 12.2. The van der Waals surface area contributed by atoms with Crippen molar-refractivity contribution in [2.75, 3.05) is 19.6 Å². The van der Waals surface area contributed by atoms with Gasteiger partial charge in [-0.25, -0.2) is 0 Å². The highest BCUT2D eigenvalue weighted by Gasteiger charge is 2.33. The second-order valence-electron chi connectivity index (χ2n) is 5.97. The van der Waals surface area contributed by atoms with Gasteiger partial charge < -0.3 is 10.4 Å². The highest BCUT2D eigenvalue weighted by atomic mass is 16.3. The predicted octanol–water partition coefficient (Wildman–Crippen LogP) is 1.32. The van der Waals surface area contributed by atoms with Crippen LogP contribution in [0.4, 0.5) is 0 Å². The maximum Gasteiger partial charge on any atom is 0.234 e. The van der Waals surface area contributed by atoms with Crippen molar-refractivity contribution >= 4 is 5.91 Å². The van der Waals surface area contributed by atoms with Gasteiger partial charge in [0.2, 0.25) is 5.91 Å². The highest BCUT2D eigenvalue weighted by Crippen LogP contribution is 2.40. The van der Waals surface area contributed by atoms with Crippen molar-refractivity contribution in [3.8, 4) is 0 Å². The molecule has 1 amide bonds. The van der Waals surface area contributed by atoms with Crippen LogP contribution in [0.1, 0.15) is 30.9 Å². The van der Waals surface area contributed by atoms with Crippen LogP contribution in [0.5, 0.6) is 0 Å². The lowest BCUT2D eigenvalue weighted by atomic mass is 10.0. The minimum atomic E-state index is -0.267. The summed E-state index contributed by atoms with van der Waals surface area (Å²) in [5.41, 5.74) is 1.20. The molecule has 4 nitrogen and oxygen atoms in total. The fourth-order valence-electron chi connectivity index (χ4n) is 2.94. The molecule has 1 aliphatic heterocycles. The molecule has 4 heteroatoms. The van der Waals surface area contributed by atoms with Gasteiger partial charge in [0.25, 0.3) is 0 Å². The van der Waals surface area contributed by atoms with E-state index >= 15 is 0 Å². The van der Waals surface area contributed by atoms with Gasteiger partial charge in [0.05, 0.1) is 18.7 Å². The SMILES string of the molecule is O=C(CN1CC[C@H](O)C1)NC(c1ccccc1)C1CC1. The number of β-amino-alcohol motifs (C(OH)–C–C–N with tert-alkyl or cyclic N) is 1. The Balaban J connectivity index is 1.58. The van der Waals surface area contributed by atoms with Crippen LogP contribution < -0.4 is 5.32 Å². The summed E-state index contributed by atoms with van der Waals surface area (Å²) in [6, 6.07) is 10.4. The first kappa shape index (κ1) is 13.6. The molecule has 2 N–H and O–H groups in total. The molecule has 0 aromatic heterocycles. The number of nitrogens with zero attached hydrogens (tertiary/aromatic N) is 1. The standard InChI is InChI=1S/C16H22N2O2/c19-14-8-9-18(10-14)11-15(20)17-16(13-6-7-13)12-4-2-1-3-5-12/h1-5,13-14,16,19H,6-11H2,(H,17,20)/t14-,16?/m0/s1. The van der Waals surface area contributed by atoms with Crippen molar-refractivity contribution in [2.45, 2.75) is 31.4 Å². The van der Waals surface area contributed by atoms with E-state index in [1.807, 2.05) is 23.1 Å². The minimum Gasteiger partial charge on any atom is -0.392 e. The lowest BCUT2D eigenvalue weighted by Gasteiger charge is -2.21. The number of benzene rings is 1. The first-order chi connectivity index (χ1) is 9.72. The number of aliphatic hydroxyl groups excluding tert-OH is 1. The van der Waals surface area contributed by atoms with Gasteiger partial charge in [-0.2, -0.15) is 0 Å². The summed E-state index contributed by atoms with van der Waals surface area (Å²) in [7, 11) is 0. The monoisotopic (exact) mass is 274 g/mol. The van der Waals surface area contributed by atoms with Gasteiger partial charge in [0, 0.05) is 13.1 Å². The Kier molecular flexibility index (Phi) is 4.03. The molecule has 1 saturated carbocycles. The topological polar surface area (TPSA) is 52.6 Å². The number of carbonyl (C=O) groups excluding carboxylic acids is 1. The molecule has 2 fully saturated rings. The summed E-state index contributed by atoms with van der Waals surface area (Å²) in [6.07, 6.45) is 2.90. The average molecular weight is 274 g/mol. The first-order valence-electron chi connectivity index (χ1n) is 7.47. The zero-order valence-corrected chi connectivity index (χ0v) is 11.7. The minimum absolute atomic E-state index is 0.0693. The lowest BCUT2D eigenvalue weighted by molar-refractivity contribution is -0.123. The first-order valence-corrected chi connectivity index (χ1v) is 7.47. The molecular weight excluding hydrogens is 252 g/mol. The summed E-state index contributed by atoms with van der Waals surface area (Å²) < 4.78 is 0. The summed E-state index contributed by atoms with van der Waals surface area (Å²) in [6.45, 7) is 1.83. The van der Waals surface area contributed by atoms with Crippen molar-refractivity contribution < 1.29 is 9.90 Å². The number of hydrogen-bond donors (Lipinski definition) is 2. The Labute approximate surface area is 119 Å². The fourth-order valence-corrected chi connectivity index (χ4v) is 2.94. The second kappa shape index (κ2) is 5.94. The summed E-state index contributed by atoms with van der Waals surface area (Å²) >= 11 is 0. The summed E-state index contributed by atoms with van der Waals surface area (Å²) in [5, 5.41) is 12.7. The molecule has 108 valence electrons. The van der Waals surface area contributed by atoms with Gasteiger partial charge >= 0.3 is 0 Å². The van der Waals surface area contributed by atoms with Crippen LogP contribution in [0, 0.1) is 5.92 Å². The van der Waals surface area contributed by atoms with E-state index in [0.717, 1.165) is 13.0 Å². The van der Waals surface area contributed by atoms with Crippen LogP contribution >= 0.6 is 0 Å². The number of likely N-dealkylation sites (tertiary alicyclic amines) is 1. The number of aliphatic hydroxyl groups is 1. The molecule has 1 aromatic carbocycles. The largest absolute Gasteiger partial charge is 0.392 e. The van der Waals surface area contributed by atoms with Crippen molar-refractivity contribution in [3.63, 3.8) is 0 Å². The fraction of sp³-hybridized carbons (Fsp3) is 0.562. The molecule has 20 heavy (non-hydrogen) atoms. The van der Waals surface area contributed by atoms with E-state index in [1.165, 1.54) is 18.4 Å². The van der Waals surface area contributed by atoms with Crippen molar-refractivity contribution in [3.05, 3.63) is 35.9 Å². The van der Waals surface area contributed by atoms with Gasteiger partial charge in [0.15, 0.2) is 0 Å². The zero-order chi connectivity index (χ0) is 13.9. The van der Waals surface area contributed by atoms with Gasteiger partial charge in [-0.15, -0.1) is 0 Å². The quantitative estimate of drug-likeness (QED) is 0.851. The molecule has 2 aliphatic rings. The van der Waals surface area contributed by atoms with Crippen LogP contribution in [0.25, 0.3) is 0 Å². The second-order valence-corrected chi connectivity index (χ2v) is 5.97. The summed E-state index contributed by atoms with van der Waals surface area (Å²) in [5.74, 6) is 0.658. The number of nitrogens with one attached hydrogen (secondary N) is 1. The van der Waals surface area contributed by atoms with E-state index < -0.39 is 0 Å². The Morgan fingerprint density at radius 1 is 1.30 bits per heavy atom. The van der Waals surface area contributed by atoms with E-state index in [2.05, 4.69) is 17.4 Å². The molecule has 2 atom stereocenters. The molecule has 1 heterocycles. The van der Waals surface area contributed by atoms with E-state index in [1.54, 1.807) is 0 Å². The smallest absolute Gasteiger partial charge is 0.234 e. The molecule has 1 aliphatic carbocycles. The highest BCUT2D eigenvalue weighted by molar-refractivity contribution is 5.78. The molecular formula is C16H22N2O2. The molecule has 3 rings (SSSR count). The summed E-state index contributed by atoms with van der Waals surface area (Å²) in [4.78, 5) is 14.2. The van der Waals surface area contributed by atoms with Gasteiger partial charge in [-0.1, -0.05) is 30.3 Å². The van der Waals surface area contributed by atoms with Crippen LogP contribution in [-0.4, -0.2) is 41.7 Å². The normalized spacial score (nSPS) is 24.6. The van der Waals surface area contributed by atoms with E-state index in [9.17, 15) is 9.90 Å². The third-order valence-corrected chi connectivity index (χ3v) is 4.18. The third-order valence-electron chi connectivity index (χ3n) is 4.18. The molecule has 0 bridgehead atoms. The van der Waals surface area contributed by atoms with Crippen LogP contribution in [0.15, 0.2) is 30.3 Å². The Morgan fingerprint density at radius 3 is 2.65 bits per heavy atom. The van der Waals surface area contributed by atoms with Gasteiger partial charge in [-0.3, -0.25) is 9.69 Å². The maximum absolute atomic E-state index is 12.2. The number of rotatable bonds is 5. The molecule has 1 saturated heterocycles. The average Bonchev–Trinajstić information content (AvgIpc) is 3.21. The third kappa shape index (κ3) is 3.38. The predicted molar refractivity (Wildman–Crippen MR) is 77.1 cm³/mol. The Bertz CT molecular complexity index is 459. The van der Waals surface area contributed by atoms with Crippen LogP contribution in [0.2, 0.25) is 0 Å². The molecule has 1 aromatic rings. The Hall–Kier alpha value is -1.39. The molecule has 0 spiro atoms. The number of amides is 1. The van der Waals surface area contributed by atoms with E-state index in [4.69, 9.17) is 0 Å². The van der Waals surface area contributed by atoms with Crippen LogP contribution in [-0.2, 0) is 4.79 Å². The van der Waals surface area contributed by atoms with Crippen molar-refractivity contribution in [2.24, 2.45) is 5.92 Å². The number of hydrogen-bond acceptors (Lipinski definition) is 3. The molecule has 1 unspecified atom stereocenters. The lowest BCUT2D eigenvalue weighted by Crippen LogP contribution is -2.38. The Morgan fingerprint density at radius 2 is 2.05 bits per heavy atom. The van der Waals surface area contributed by atoms with Crippen molar-refractivity contribution in [1.29, 1.82) is 0 Å². The zero-order valence-electron chi connectivity index (χ0n) is 11.7. The van der Waals surface area contributed by atoms with Crippen LogP contribution in [0.3, 0.4) is 0 Å². The van der Waals surface area contributed by atoms with Crippen molar-refractivity contribution in [1.82, 2.24) is 10.2 Å².